The predicted octanol–water partition coefficient (Wildman–Crippen LogP) is 2.54. The summed E-state index contributed by atoms with van der Waals surface area (Å²) in [6.07, 6.45) is 0.283. The summed E-state index contributed by atoms with van der Waals surface area (Å²) in [5.41, 5.74) is 1.37. The normalized spacial score (nSPS) is 15.8. The van der Waals surface area contributed by atoms with Crippen LogP contribution in [-0.2, 0) is 16.1 Å². The number of hydrogen-bond acceptors (Lipinski definition) is 5. The molecule has 4 amide bonds. The number of amides is 4. The van der Waals surface area contributed by atoms with Gasteiger partial charge in [-0.3, -0.25) is 14.5 Å². The molecule has 0 spiro atoms. The van der Waals surface area contributed by atoms with Crippen molar-refractivity contribution in [3.63, 3.8) is 0 Å². The number of nitrogens with one attached hydrogen (secondary N) is 2. The number of urea groups is 1. The summed E-state index contributed by atoms with van der Waals surface area (Å²) in [7, 11) is 3.04. The van der Waals surface area contributed by atoms with Gasteiger partial charge in [-0.2, -0.15) is 0 Å². The molecule has 2 aromatic rings. The lowest BCUT2D eigenvalue weighted by atomic mass is 10.1. The second-order valence-corrected chi connectivity index (χ2v) is 6.57. The number of anilines is 1. The van der Waals surface area contributed by atoms with Crippen molar-refractivity contribution < 1.29 is 23.9 Å². The third-order valence-corrected chi connectivity index (χ3v) is 4.63. The first-order valence-electron chi connectivity index (χ1n) is 9.19. The van der Waals surface area contributed by atoms with Gasteiger partial charge in [-0.05, 0) is 24.1 Å². The van der Waals surface area contributed by atoms with Crippen LogP contribution in [0.4, 0.5) is 10.5 Å². The summed E-state index contributed by atoms with van der Waals surface area (Å²) >= 11 is 0. The highest BCUT2D eigenvalue weighted by Crippen LogP contribution is 2.29. The molecule has 1 fully saturated rings. The number of benzene rings is 2. The van der Waals surface area contributed by atoms with Crippen molar-refractivity contribution in [3.8, 4) is 11.5 Å². The second kappa shape index (κ2) is 9.09. The van der Waals surface area contributed by atoms with E-state index in [9.17, 15) is 14.4 Å². The van der Waals surface area contributed by atoms with E-state index in [-0.39, 0.29) is 31.2 Å². The zero-order chi connectivity index (χ0) is 20.8. The Hall–Kier alpha value is -3.55. The number of rotatable bonds is 8. The molecule has 1 heterocycles. The van der Waals surface area contributed by atoms with Crippen LogP contribution in [0.15, 0.2) is 48.5 Å². The molecule has 0 radical (unpaired) electrons. The van der Waals surface area contributed by atoms with Crippen molar-refractivity contribution in [1.29, 1.82) is 0 Å². The molecule has 1 aliphatic rings. The van der Waals surface area contributed by atoms with Crippen LogP contribution >= 0.6 is 0 Å². The van der Waals surface area contributed by atoms with Crippen LogP contribution in [0.3, 0.4) is 0 Å². The second-order valence-electron chi connectivity index (χ2n) is 6.57. The van der Waals surface area contributed by atoms with Crippen molar-refractivity contribution >= 4 is 23.5 Å². The number of ether oxygens (including phenoxy) is 2. The van der Waals surface area contributed by atoms with Crippen LogP contribution in [0.25, 0.3) is 0 Å². The van der Waals surface area contributed by atoms with Gasteiger partial charge in [0, 0.05) is 12.5 Å². The number of imide groups is 1. The molecule has 2 aromatic carbocycles. The number of methoxy groups -OCH3 is 2. The minimum atomic E-state index is -0.713. The molecule has 2 N–H and O–H groups in total. The molecule has 1 atom stereocenters. The Balaban J connectivity index is 1.55. The van der Waals surface area contributed by atoms with Crippen LogP contribution in [0, 0.1) is 0 Å². The Morgan fingerprint density at radius 2 is 1.86 bits per heavy atom. The molecule has 1 aliphatic heterocycles. The Bertz CT molecular complexity index is 900. The summed E-state index contributed by atoms with van der Waals surface area (Å²) in [5.74, 6) is 0.473. The third-order valence-electron chi connectivity index (χ3n) is 4.63. The lowest BCUT2D eigenvalue weighted by molar-refractivity contribution is -0.128. The number of hydrogen-bond donors (Lipinski definition) is 2. The van der Waals surface area contributed by atoms with E-state index in [0.29, 0.717) is 17.2 Å². The molecule has 3 rings (SSSR count). The highest BCUT2D eigenvalue weighted by Gasteiger charge is 2.37. The summed E-state index contributed by atoms with van der Waals surface area (Å²) in [6.45, 7) is 0.206. The van der Waals surface area contributed by atoms with Gasteiger partial charge in [0.1, 0.15) is 17.5 Å². The largest absolute Gasteiger partial charge is 0.497 e. The summed E-state index contributed by atoms with van der Waals surface area (Å²) < 4.78 is 10.4. The van der Waals surface area contributed by atoms with E-state index in [1.54, 1.807) is 25.3 Å². The van der Waals surface area contributed by atoms with Gasteiger partial charge in [-0.15, -0.1) is 0 Å². The van der Waals surface area contributed by atoms with E-state index in [4.69, 9.17) is 9.47 Å². The smallest absolute Gasteiger partial charge is 0.325 e. The summed E-state index contributed by atoms with van der Waals surface area (Å²) in [4.78, 5) is 38.2. The fourth-order valence-electron chi connectivity index (χ4n) is 3.08. The Kier molecular flexibility index (Phi) is 6.33. The highest BCUT2D eigenvalue weighted by molar-refractivity contribution is 6.04. The topological polar surface area (TPSA) is 97.0 Å². The molecule has 8 heteroatoms. The van der Waals surface area contributed by atoms with Gasteiger partial charge in [0.2, 0.25) is 5.91 Å². The average Bonchev–Trinajstić information content (AvgIpc) is 3.01. The average molecular weight is 397 g/mol. The van der Waals surface area contributed by atoms with Crippen LogP contribution in [-0.4, -0.2) is 43.0 Å². The van der Waals surface area contributed by atoms with Crippen LogP contribution in [0.1, 0.15) is 18.4 Å². The molecule has 0 aliphatic carbocycles. The molecular weight excluding hydrogens is 374 g/mol. The molecule has 29 heavy (non-hydrogen) atoms. The minimum Gasteiger partial charge on any atom is -0.497 e. The predicted molar refractivity (Wildman–Crippen MR) is 107 cm³/mol. The van der Waals surface area contributed by atoms with Gasteiger partial charge in [0.15, 0.2) is 0 Å². The summed E-state index contributed by atoms with van der Waals surface area (Å²) in [5, 5.41) is 5.40. The van der Waals surface area contributed by atoms with Crippen LogP contribution in [0.5, 0.6) is 11.5 Å². The first-order chi connectivity index (χ1) is 14.0. The van der Waals surface area contributed by atoms with E-state index in [1.165, 1.54) is 12.0 Å². The van der Waals surface area contributed by atoms with Gasteiger partial charge in [0.25, 0.3) is 5.91 Å². The van der Waals surface area contributed by atoms with Crippen LogP contribution < -0.4 is 20.1 Å². The van der Waals surface area contributed by atoms with Gasteiger partial charge >= 0.3 is 6.03 Å². The molecule has 0 aromatic heterocycles. The Labute approximate surface area is 168 Å². The van der Waals surface area contributed by atoms with Gasteiger partial charge < -0.3 is 20.1 Å². The zero-order valence-corrected chi connectivity index (χ0v) is 16.3. The molecular formula is C21H23N3O5. The maximum Gasteiger partial charge on any atom is 0.325 e. The molecule has 0 unspecified atom stereocenters. The Morgan fingerprint density at radius 1 is 1.10 bits per heavy atom. The van der Waals surface area contributed by atoms with E-state index in [0.717, 1.165) is 5.56 Å². The molecule has 152 valence electrons. The van der Waals surface area contributed by atoms with Crippen molar-refractivity contribution in [3.05, 3.63) is 54.1 Å². The van der Waals surface area contributed by atoms with Crippen molar-refractivity contribution in [2.75, 3.05) is 19.5 Å². The SMILES string of the molecule is COc1ccc(NC(=O)CC[C@H]2NC(=O)N(Cc3ccccc3)C2=O)c(OC)c1. The van der Waals surface area contributed by atoms with E-state index >= 15 is 0 Å². The molecule has 1 saturated heterocycles. The van der Waals surface area contributed by atoms with Gasteiger partial charge in [0.05, 0.1) is 26.5 Å². The van der Waals surface area contributed by atoms with E-state index in [1.807, 2.05) is 30.3 Å². The first-order valence-corrected chi connectivity index (χ1v) is 9.19. The van der Waals surface area contributed by atoms with E-state index in [2.05, 4.69) is 10.6 Å². The van der Waals surface area contributed by atoms with Gasteiger partial charge in [-0.1, -0.05) is 30.3 Å². The number of nitrogens with zero attached hydrogens (tertiary/aromatic N) is 1. The van der Waals surface area contributed by atoms with E-state index < -0.39 is 12.1 Å². The maximum absolute atomic E-state index is 12.5. The Morgan fingerprint density at radius 3 is 2.55 bits per heavy atom. The standard InChI is InChI=1S/C21H23N3O5/c1-28-15-8-9-16(18(12-15)29-2)22-19(25)11-10-17-20(26)24(21(27)23-17)13-14-6-4-3-5-7-14/h3-9,12,17H,10-11,13H2,1-2H3,(H,22,25)(H,23,27)/t17-/m1/s1. The van der Waals surface area contributed by atoms with Crippen molar-refractivity contribution in [1.82, 2.24) is 10.2 Å². The van der Waals surface area contributed by atoms with Crippen LogP contribution in [0.2, 0.25) is 0 Å². The summed E-state index contributed by atoms with van der Waals surface area (Å²) in [6, 6.07) is 13.2. The fourth-order valence-corrected chi connectivity index (χ4v) is 3.08. The lowest BCUT2D eigenvalue weighted by Crippen LogP contribution is -2.31. The molecule has 0 bridgehead atoms. The molecule has 0 saturated carbocycles. The van der Waals surface area contributed by atoms with Crippen molar-refractivity contribution in [2.45, 2.75) is 25.4 Å². The van der Waals surface area contributed by atoms with Gasteiger partial charge in [-0.25, -0.2) is 4.79 Å². The highest BCUT2D eigenvalue weighted by atomic mass is 16.5. The van der Waals surface area contributed by atoms with Crippen molar-refractivity contribution in [2.24, 2.45) is 0 Å². The maximum atomic E-state index is 12.5. The monoisotopic (exact) mass is 397 g/mol. The quantitative estimate of drug-likeness (QED) is 0.667. The fraction of sp³-hybridized carbons (Fsp3) is 0.286. The number of carbonyl (C=O) groups excluding carboxylic acids is 3. The third kappa shape index (κ3) is 4.84. The zero-order valence-electron chi connectivity index (χ0n) is 16.3. The minimum absolute atomic E-state index is 0.0745. The number of carbonyl (C=O) groups is 3. The molecule has 8 nitrogen and oxygen atoms in total. The first kappa shape index (κ1) is 20.2. The lowest BCUT2D eigenvalue weighted by Gasteiger charge is -2.13.